The molecule has 0 amide bonds. The fourth-order valence-electron chi connectivity index (χ4n) is 1.73. The lowest BCUT2D eigenvalue weighted by molar-refractivity contribution is 0.415. The van der Waals surface area contributed by atoms with E-state index in [1.807, 2.05) is 24.3 Å². The van der Waals surface area contributed by atoms with Crippen molar-refractivity contribution in [2.24, 2.45) is 0 Å². The van der Waals surface area contributed by atoms with Crippen molar-refractivity contribution in [2.45, 2.75) is 19.8 Å². The van der Waals surface area contributed by atoms with Crippen LogP contribution in [0.25, 0.3) is 11.4 Å². The Bertz CT molecular complexity index is 572. The predicted molar refractivity (Wildman–Crippen MR) is 80.7 cm³/mol. The summed E-state index contributed by atoms with van der Waals surface area (Å²) in [5.74, 6) is 1.44. The van der Waals surface area contributed by atoms with Crippen molar-refractivity contribution in [1.82, 2.24) is 9.97 Å². The molecule has 0 radical (unpaired) electrons. The van der Waals surface area contributed by atoms with E-state index in [1.165, 1.54) is 0 Å². The summed E-state index contributed by atoms with van der Waals surface area (Å²) < 4.78 is 5.92. The number of aromatic nitrogens is 2. The van der Waals surface area contributed by atoms with Gasteiger partial charge in [-0.15, -0.1) is 0 Å². The number of rotatable bonds is 4. The van der Waals surface area contributed by atoms with Crippen LogP contribution >= 0.6 is 27.5 Å². The largest absolute Gasteiger partial charge is 0.497 e. The molecule has 3 nitrogen and oxygen atoms in total. The molecule has 1 heterocycles. The van der Waals surface area contributed by atoms with Crippen LogP contribution in [0, 0.1) is 0 Å². The molecule has 0 saturated heterocycles. The zero-order valence-electron chi connectivity index (χ0n) is 10.8. The summed E-state index contributed by atoms with van der Waals surface area (Å²) in [6, 6.07) is 7.62. The van der Waals surface area contributed by atoms with Gasteiger partial charge in [-0.05, 0) is 46.6 Å². The summed E-state index contributed by atoms with van der Waals surface area (Å²) in [5.41, 5.74) is 1.86. The van der Waals surface area contributed by atoms with Crippen molar-refractivity contribution in [3.05, 3.63) is 39.6 Å². The van der Waals surface area contributed by atoms with E-state index in [-0.39, 0.29) is 0 Å². The standard InChI is InChI=1S/C14H14BrClN2O/c1-3-4-11-12(15)13(16)18-14(17-11)9-5-7-10(19-2)8-6-9/h5-8H,3-4H2,1-2H3. The maximum Gasteiger partial charge on any atom is 0.161 e. The Morgan fingerprint density at radius 2 is 1.89 bits per heavy atom. The minimum absolute atomic E-state index is 0.448. The van der Waals surface area contributed by atoms with E-state index >= 15 is 0 Å². The Morgan fingerprint density at radius 1 is 1.21 bits per heavy atom. The number of hydrogen-bond donors (Lipinski definition) is 0. The number of nitrogens with zero attached hydrogens (tertiary/aromatic N) is 2. The topological polar surface area (TPSA) is 35.0 Å². The molecule has 19 heavy (non-hydrogen) atoms. The van der Waals surface area contributed by atoms with Gasteiger partial charge in [-0.1, -0.05) is 24.9 Å². The minimum Gasteiger partial charge on any atom is -0.497 e. The Labute approximate surface area is 126 Å². The number of benzene rings is 1. The monoisotopic (exact) mass is 340 g/mol. The first-order valence-electron chi connectivity index (χ1n) is 6.02. The quantitative estimate of drug-likeness (QED) is 0.767. The van der Waals surface area contributed by atoms with Crippen molar-refractivity contribution in [3.63, 3.8) is 0 Å². The molecule has 0 unspecified atom stereocenters. The normalized spacial score (nSPS) is 10.5. The fourth-order valence-corrected chi connectivity index (χ4v) is 2.30. The van der Waals surface area contributed by atoms with E-state index in [0.717, 1.165) is 34.3 Å². The fraction of sp³-hybridized carbons (Fsp3) is 0.286. The van der Waals surface area contributed by atoms with Crippen LogP contribution < -0.4 is 4.74 Å². The Balaban J connectivity index is 2.43. The SMILES string of the molecule is CCCc1nc(-c2ccc(OC)cc2)nc(Cl)c1Br. The molecule has 2 rings (SSSR count). The molecule has 5 heteroatoms. The summed E-state index contributed by atoms with van der Waals surface area (Å²) in [7, 11) is 1.64. The number of hydrogen-bond acceptors (Lipinski definition) is 3. The molecule has 0 fully saturated rings. The van der Waals surface area contributed by atoms with Gasteiger partial charge in [-0.2, -0.15) is 0 Å². The van der Waals surface area contributed by atoms with E-state index in [2.05, 4.69) is 32.8 Å². The van der Waals surface area contributed by atoms with Gasteiger partial charge in [0, 0.05) is 5.56 Å². The van der Waals surface area contributed by atoms with Gasteiger partial charge in [0.2, 0.25) is 0 Å². The second-order valence-electron chi connectivity index (χ2n) is 4.08. The molecule has 0 spiro atoms. The molecule has 0 atom stereocenters. The molecule has 2 aromatic rings. The second-order valence-corrected chi connectivity index (χ2v) is 5.23. The average Bonchev–Trinajstić information content (AvgIpc) is 2.44. The average molecular weight is 342 g/mol. The van der Waals surface area contributed by atoms with Crippen LogP contribution in [0.3, 0.4) is 0 Å². The van der Waals surface area contributed by atoms with E-state index in [1.54, 1.807) is 7.11 Å². The highest BCUT2D eigenvalue weighted by Crippen LogP contribution is 2.28. The molecule has 0 bridgehead atoms. The maximum absolute atomic E-state index is 6.14. The van der Waals surface area contributed by atoms with E-state index in [4.69, 9.17) is 16.3 Å². The van der Waals surface area contributed by atoms with E-state index in [0.29, 0.717) is 11.0 Å². The first-order valence-corrected chi connectivity index (χ1v) is 7.19. The first-order chi connectivity index (χ1) is 9.15. The lowest BCUT2D eigenvalue weighted by atomic mass is 10.2. The lowest BCUT2D eigenvalue weighted by Crippen LogP contribution is -1.98. The lowest BCUT2D eigenvalue weighted by Gasteiger charge is -2.08. The van der Waals surface area contributed by atoms with Crippen LogP contribution in [-0.4, -0.2) is 17.1 Å². The van der Waals surface area contributed by atoms with Gasteiger partial charge in [0.25, 0.3) is 0 Å². The van der Waals surface area contributed by atoms with Crippen LogP contribution in [0.2, 0.25) is 5.15 Å². The molecule has 1 aromatic carbocycles. The third kappa shape index (κ3) is 3.25. The van der Waals surface area contributed by atoms with Crippen LogP contribution in [0.4, 0.5) is 0 Å². The molecule has 0 N–H and O–H groups in total. The van der Waals surface area contributed by atoms with E-state index < -0.39 is 0 Å². The molecule has 100 valence electrons. The molecule has 0 saturated carbocycles. The highest BCUT2D eigenvalue weighted by atomic mass is 79.9. The van der Waals surface area contributed by atoms with Gasteiger partial charge in [0.05, 0.1) is 17.3 Å². The number of halogens is 2. The van der Waals surface area contributed by atoms with Crippen LogP contribution in [0.15, 0.2) is 28.7 Å². The van der Waals surface area contributed by atoms with Crippen molar-refractivity contribution in [1.29, 1.82) is 0 Å². The molecular formula is C14H14BrClN2O. The molecule has 0 aliphatic carbocycles. The number of aryl methyl sites for hydroxylation is 1. The molecule has 0 aliphatic heterocycles. The van der Waals surface area contributed by atoms with E-state index in [9.17, 15) is 0 Å². The highest BCUT2D eigenvalue weighted by molar-refractivity contribution is 9.10. The highest BCUT2D eigenvalue weighted by Gasteiger charge is 2.11. The number of methoxy groups -OCH3 is 1. The van der Waals surface area contributed by atoms with Gasteiger partial charge in [0.1, 0.15) is 10.9 Å². The third-order valence-electron chi connectivity index (χ3n) is 2.71. The van der Waals surface area contributed by atoms with Gasteiger partial charge in [-0.3, -0.25) is 0 Å². The van der Waals surface area contributed by atoms with Gasteiger partial charge < -0.3 is 4.74 Å². The smallest absolute Gasteiger partial charge is 0.161 e. The zero-order chi connectivity index (χ0) is 13.8. The van der Waals surface area contributed by atoms with Crippen LogP contribution in [-0.2, 0) is 6.42 Å². The van der Waals surface area contributed by atoms with Gasteiger partial charge in [-0.25, -0.2) is 9.97 Å². The van der Waals surface area contributed by atoms with Crippen molar-refractivity contribution < 1.29 is 4.74 Å². The van der Waals surface area contributed by atoms with Crippen molar-refractivity contribution in [2.75, 3.05) is 7.11 Å². The second kappa shape index (κ2) is 6.35. The zero-order valence-corrected chi connectivity index (χ0v) is 13.1. The predicted octanol–water partition coefficient (Wildman–Crippen LogP) is 4.52. The summed E-state index contributed by atoms with van der Waals surface area (Å²) in [6.45, 7) is 2.11. The summed E-state index contributed by atoms with van der Waals surface area (Å²) in [6.07, 6.45) is 1.87. The Hall–Kier alpha value is -1.13. The minimum atomic E-state index is 0.448. The molecular weight excluding hydrogens is 328 g/mol. The molecule has 1 aromatic heterocycles. The Morgan fingerprint density at radius 3 is 2.47 bits per heavy atom. The van der Waals surface area contributed by atoms with Crippen molar-refractivity contribution >= 4 is 27.5 Å². The third-order valence-corrected chi connectivity index (χ3v) is 4.05. The number of ether oxygens (including phenoxy) is 1. The Kier molecular flexibility index (Phi) is 4.77. The van der Waals surface area contributed by atoms with Crippen molar-refractivity contribution in [3.8, 4) is 17.1 Å². The van der Waals surface area contributed by atoms with Gasteiger partial charge in [0.15, 0.2) is 5.82 Å². The summed E-state index contributed by atoms with van der Waals surface area (Å²) in [5, 5.41) is 0.448. The maximum atomic E-state index is 6.14. The van der Waals surface area contributed by atoms with Crippen LogP contribution in [0.5, 0.6) is 5.75 Å². The summed E-state index contributed by atoms with van der Waals surface area (Å²) in [4.78, 5) is 8.87. The van der Waals surface area contributed by atoms with Gasteiger partial charge >= 0.3 is 0 Å². The van der Waals surface area contributed by atoms with Crippen LogP contribution in [0.1, 0.15) is 19.0 Å². The molecule has 0 aliphatic rings. The first kappa shape index (κ1) is 14.3. The summed E-state index contributed by atoms with van der Waals surface area (Å²) >= 11 is 9.57.